The number of sulfonamides is 1. The number of pyridine rings is 1. The molecule has 7 nitrogen and oxygen atoms in total. The van der Waals surface area contributed by atoms with E-state index < -0.39 is 10.0 Å². The minimum Gasteiger partial charge on any atom is -0.341 e. The van der Waals surface area contributed by atoms with Crippen LogP contribution in [0.3, 0.4) is 0 Å². The first-order chi connectivity index (χ1) is 14.8. The van der Waals surface area contributed by atoms with Crippen molar-refractivity contribution >= 4 is 26.8 Å². The maximum atomic E-state index is 13.4. The molecule has 1 aromatic heterocycles. The number of para-hydroxylation sites is 1. The Bertz CT molecular complexity index is 1060. The van der Waals surface area contributed by atoms with Gasteiger partial charge in [-0.05, 0) is 25.0 Å². The van der Waals surface area contributed by atoms with Gasteiger partial charge >= 0.3 is 0 Å². The molecule has 1 amide bonds. The molecule has 2 saturated heterocycles. The second kappa shape index (κ2) is 8.48. The van der Waals surface area contributed by atoms with Crippen molar-refractivity contribution in [3.63, 3.8) is 0 Å². The molecule has 2 fully saturated rings. The first kappa shape index (κ1) is 22.2. The SMILES string of the molecule is CCC1(N2CCN(S(=O)(=O)c3cccc4cccnc34)CC2)CCN(C(=O)C(C)C)C1. The van der Waals surface area contributed by atoms with Crippen molar-refractivity contribution in [1.29, 1.82) is 0 Å². The van der Waals surface area contributed by atoms with Crippen LogP contribution in [0.15, 0.2) is 41.4 Å². The lowest BCUT2D eigenvalue weighted by Gasteiger charge is -2.45. The highest BCUT2D eigenvalue weighted by atomic mass is 32.2. The molecule has 0 bridgehead atoms. The number of carbonyl (C=O) groups excluding carboxylic acids is 1. The molecule has 0 spiro atoms. The number of carbonyl (C=O) groups is 1. The average molecular weight is 445 g/mol. The Labute approximate surface area is 185 Å². The number of benzene rings is 1. The summed E-state index contributed by atoms with van der Waals surface area (Å²) < 4.78 is 28.4. The van der Waals surface area contributed by atoms with E-state index in [-0.39, 0.29) is 22.3 Å². The number of fused-ring (bicyclic) bond motifs is 1. The molecule has 2 aromatic rings. The predicted molar refractivity (Wildman–Crippen MR) is 121 cm³/mol. The van der Waals surface area contributed by atoms with E-state index in [9.17, 15) is 13.2 Å². The lowest BCUT2D eigenvalue weighted by molar-refractivity contribution is -0.134. The highest BCUT2D eigenvalue weighted by Crippen LogP contribution is 2.34. The summed E-state index contributed by atoms with van der Waals surface area (Å²) in [5.74, 6) is 0.212. The fraction of sp³-hybridized carbons (Fsp3) is 0.565. The number of nitrogens with zero attached hydrogens (tertiary/aromatic N) is 4. The van der Waals surface area contributed by atoms with Crippen molar-refractivity contribution in [1.82, 2.24) is 19.1 Å². The van der Waals surface area contributed by atoms with Gasteiger partial charge in [-0.3, -0.25) is 14.7 Å². The van der Waals surface area contributed by atoms with E-state index in [4.69, 9.17) is 0 Å². The molecule has 2 aliphatic heterocycles. The van der Waals surface area contributed by atoms with E-state index in [0.717, 1.165) is 31.3 Å². The van der Waals surface area contributed by atoms with Crippen LogP contribution in [0.4, 0.5) is 0 Å². The predicted octanol–water partition coefficient (Wildman–Crippen LogP) is 2.58. The molecule has 0 aliphatic carbocycles. The summed E-state index contributed by atoms with van der Waals surface area (Å²) in [7, 11) is -3.62. The molecule has 2 aliphatic rings. The van der Waals surface area contributed by atoms with E-state index in [1.54, 1.807) is 22.6 Å². The first-order valence-electron chi connectivity index (χ1n) is 11.2. The molecule has 1 aromatic carbocycles. The topological polar surface area (TPSA) is 73.8 Å². The van der Waals surface area contributed by atoms with Crippen LogP contribution in [0.5, 0.6) is 0 Å². The molecule has 0 N–H and O–H groups in total. The van der Waals surface area contributed by atoms with Gasteiger partial charge in [0.2, 0.25) is 15.9 Å². The van der Waals surface area contributed by atoms with E-state index in [1.165, 1.54) is 0 Å². The Morgan fingerprint density at radius 1 is 1.10 bits per heavy atom. The number of rotatable bonds is 5. The molecule has 4 rings (SSSR count). The minimum atomic E-state index is -3.62. The van der Waals surface area contributed by atoms with Gasteiger partial charge in [-0.15, -0.1) is 0 Å². The van der Waals surface area contributed by atoms with Crippen molar-refractivity contribution < 1.29 is 13.2 Å². The van der Waals surface area contributed by atoms with Crippen molar-refractivity contribution in [3.05, 3.63) is 36.5 Å². The van der Waals surface area contributed by atoms with Crippen LogP contribution in [0.1, 0.15) is 33.6 Å². The molecule has 31 heavy (non-hydrogen) atoms. The number of aromatic nitrogens is 1. The zero-order valence-electron chi connectivity index (χ0n) is 18.6. The number of hydrogen-bond acceptors (Lipinski definition) is 5. The third-order valence-electron chi connectivity index (χ3n) is 6.92. The Morgan fingerprint density at radius 3 is 2.48 bits per heavy atom. The molecule has 168 valence electrons. The van der Waals surface area contributed by atoms with Crippen LogP contribution < -0.4 is 0 Å². The third-order valence-corrected chi connectivity index (χ3v) is 8.85. The Hall–Kier alpha value is -2.03. The molecular formula is C23H32N4O3S. The zero-order chi connectivity index (χ0) is 22.2. The second-order valence-electron chi connectivity index (χ2n) is 8.96. The van der Waals surface area contributed by atoms with Gasteiger partial charge < -0.3 is 4.90 Å². The molecule has 0 radical (unpaired) electrons. The normalized spacial score (nSPS) is 23.7. The fourth-order valence-corrected chi connectivity index (χ4v) is 6.59. The Balaban J connectivity index is 1.50. The van der Waals surface area contributed by atoms with Crippen molar-refractivity contribution in [2.45, 2.75) is 44.0 Å². The summed E-state index contributed by atoms with van der Waals surface area (Å²) in [5, 5.41) is 0.827. The van der Waals surface area contributed by atoms with Gasteiger partial charge in [-0.25, -0.2) is 8.42 Å². The standard InChI is InChI=1S/C23H32N4O3S/c1-4-23(10-12-25(17-23)22(28)18(2)3)26-13-15-27(16-14-26)31(29,30)20-9-5-7-19-8-6-11-24-21(19)20/h5-9,11,18H,4,10,12-17H2,1-3H3. The number of amides is 1. The summed E-state index contributed by atoms with van der Waals surface area (Å²) in [5.41, 5.74) is 0.470. The third kappa shape index (κ3) is 3.97. The van der Waals surface area contributed by atoms with Crippen molar-refractivity contribution in [3.8, 4) is 0 Å². The molecule has 0 saturated carbocycles. The van der Waals surface area contributed by atoms with E-state index in [2.05, 4.69) is 16.8 Å². The number of piperazine rings is 1. The van der Waals surface area contributed by atoms with Crippen LogP contribution in [-0.4, -0.2) is 78.2 Å². The van der Waals surface area contributed by atoms with Gasteiger partial charge in [0.05, 0.1) is 5.52 Å². The van der Waals surface area contributed by atoms with Crippen LogP contribution in [0.2, 0.25) is 0 Å². The van der Waals surface area contributed by atoms with Crippen molar-refractivity contribution in [2.75, 3.05) is 39.3 Å². The number of hydrogen-bond donors (Lipinski definition) is 0. The quantitative estimate of drug-likeness (QED) is 0.709. The Morgan fingerprint density at radius 2 is 1.81 bits per heavy atom. The molecular weight excluding hydrogens is 412 g/mol. The van der Waals surface area contributed by atoms with Crippen molar-refractivity contribution in [2.24, 2.45) is 5.92 Å². The fourth-order valence-electron chi connectivity index (χ4n) is 5.01. The summed E-state index contributed by atoms with van der Waals surface area (Å²) in [4.78, 5) is 21.5. The zero-order valence-corrected chi connectivity index (χ0v) is 19.4. The van der Waals surface area contributed by atoms with Gasteiger partial charge in [0.25, 0.3) is 0 Å². The smallest absolute Gasteiger partial charge is 0.245 e. The maximum Gasteiger partial charge on any atom is 0.245 e. The molecule has 1 atom stereocenters. The van der Waals surface area contributed by atoms with Crippen LogP contribution in [0.25, 0.3) is 10.9 Å². The summed E-state index contributed by atoms with van der Waals surface area (Å²) in [6.07, 6.45) is 3.53. The van der Waals surface area contributed by atoms with Gasteiger partial charge in [0.1, 0.15) is 4.90 Å². The van der Waals surface area contributed by atoms with Gasteiger partial charge in [0, 0.05) is 62.3 Å². The highest BCUT2D eigenvalue weighted by molar-refractivity contribution is 7.89. The molecule has 3 heterocycles. The van der Waals surface area contributed by atoms with Crippen LogP contribution >= 0.6 is 0 Å². The van der Waals surface area contributed by atoms with Gasteiger partial charge in [0.15, 0.2) is 0 Å². The highest BCUT2D eigenvalue weighted by Gasteiger charge is 2.45. The summed E-state index contributed by atoms with van der Waals surface area (Å²) >= 11 is 0. The summed E-state index contributed by atoms with van der Waals surface area (Å²) in [6.45, 7) is 9.83. The van der Waals surface area contributed by atoms with E-state index in [0.29, 0.717) is 31.7 Å². The monoisotopic (exact) mass is 444 g/mol. The average Bonchev–Trinajstić information content (AvgIpc) is 3.24. The first-order valence-corrected chi connectivity index (χ1v) is 12.6. The van der Waals surface area contributed by atoms with Gasteiger partial charge in [-0.2, -0.15) is 4.31 Å². The maximum absolute atomic E-state index is 13.4. The summed E-state index contributed by atoms with van der Waals surface area (Å²) in [6, 6.07) is 9.01. The van der Waals surface area contributed by atoms with Crippen LogP contribution in [-0.2, 0) is 14.8 Å². The lowest BCUT2D eigenvalue weighted by Crippen LogP contribution is -2.59. The Kier molecular flexibility index (Phi) is 6.07. The van der Waals surface area contributed by atoms with Crippen LogP contribution in [0, 0.1) is 5.92 Å². The number of likely N-dealkylation sites (tertiary alicyclic amines) is 1. The van der Waals surface area contributed by atoms with Gasteiger partial charge in [-0.1, -0.05) is 39.0 Å². The molecule has 1 unspecified atom stereocenters. The van der Waals surface area contributed by atoms with E-state index >= 15 is 0 Å². The molecule has 8 heteroatoms. The minimum absolute atomic E-state index is 0.00366. The lowest BCUT2D eigenvalue weighted by atomic mass is 9.92. The van der Waals surface area contributed by atoms with E-state index in [1.807, 2.05) is 36.9 Å². The largest absolute Gasteiger partial charge is 0.341 e. The second-order valence-corrected chi connectivity index (χ2v) is 10.9.